The fraction of sp³-hybridized carbons (Fsp3) is 0.0833. The zero-order valence-electron chi connectivity index (χ0n) is 8.27. The van der Waals surface area contributed by atoms with E-state index in [4.69, 9.17) is 4.52 Å². The molecule has 0 unspecified atom stereocenters. The second-order valence-electron chi connectivity index (χ2n) is 3.16. The third kappa shape index (κ3) is 2.02. The molecule has 1 heterocycles. The van der Waals surface area contributed by atoms with Crippen LogP contribution in [0.2, 0.25) is 0 Å². The minimum absolute atomic E-state index is 0.824. The number of aryl methyl sites for hydroxylation is 1. The molecule has 0 aliphatic carbocycles. The first kappa shape index (κ1) is 10.2. The molecule has 0 aliphatic heterocycles. The first-order valence-corrected chi connectivity index (χ1v) is 5.53. The number of nitrogens with zero attached hydrogens (tertiary/aromatic N) is 1. The van der Waals surface area contributed by atoms with Crippen LogP contribution >= 0.6 is 15.9 Å². The average molecular weight is 264 g/mol. The monoisotopic (exact) mass is 263 g/mol. The molecule has 2 rings (SSSR count). The van der Waals surface area contributed by atoms with Gasteiger partial charge in [0, 0.05) is 11.1 Å². The minimum Gasteiger partial charge on any atom is -0.360 e. The van der Waals surface area contributed by atoms with Crippen LogP contribution in [0.5, 0.6) is 0 Å². The number of rotatable bonds is 2. The molecular weight excluding hydrogens is 254 g/mol. The van der Waals surface area contributed by atoms with Gasteiger partial charge in [0.15, 0.2) is 0 Å². The zero-order valence-corrected chi connectivity index (χ0v) is 9.86. The summed E-state index contributed by atoms with van der Waals surface area (Å²) >= 11 is 3.26. The maximum Gasteiger partial charge on any atom is 0.141 e. The van der Waals surface area contributed by atoms with Crippen molar-refractivity contribution >= 4 is 22.0 Å². The van der Waals surface area contributed by atoms with Crippen LogP contribution in [0.4, 0.5) is 0 Å². The van der Waals surface area contributed by atoms with Crippen LogP contribution in [0.25, 0.3) is 17.3 Å². The molecule has 0 saturated heterocycles. The van der Waals surface area contributed by atoms with Crippen LogP contribution in [0.1, 0.15) is 11.3 Å². The highest BCUT2D eigenvalue weighted by Gasteiger charge is 2.11. The van der Waals surface area contributed by atoms with Gasteiger partial charge in [0.2, 0.25) is 0 Å². The van der Waals surface area contributed by atoms with Gasteiger partial charge in [0.1, 0.15) is 11.5 Å². The summed E-state index contributed by atoms with van der Waals surface area (Å²) in [5.74, 6) is 0.824. The van der Waals surface area contributed by atoms with Crippen molar-refractivity contribution in [3.05, 3.63) is 46.6 Å². The lowest BCUT2D eigenvalue weighted by Crippen LogP contribution is -1.80. The third-order valence-corrected chi connectivity index (χ3v) is 2.45. The smallest absolute Gasteiger partial charge is 0.141 e. The Hall–Kier alpha value is -1.35. The van der Waals surface area contributed by atoms with Gasteiger partial charge in [-0.05, 0) is 18.0 Å². The second-order valence-corrected chi connectivity index (χ2v) is 3.69. The lowest BCUT2D eigenvalue weighted by atomic mass is 10.1. The summed E-state index contributed by atoms with van der Waals surface area (Å²) in [7, 11) is 0. The Morgan fingerprint density at radius 1 is 1.27 bits per heavy atom. The molecule has 0 fully saturated rings. The van der Waals surface area contributed by atoms with E-state index in [-0.39, 0.29) is 0 Å². The van der Waals surface area contributed by atoms with Crippen LogP contribution in [-0.2, 0) is 0 Å². The first-order chi connectivity index (χ1) is 7.33. The molecule has 0 spiro atoms. The van der Waals surface area contributed by atoms with E-state index in [1.54, 1.807) is 4.99 Å². The molecule has 1 aromatic heterocycles. The van der Waals surface area contributed by atoms with Gasteiger partial charge in [-0.1, -0.05) is 51.4 Å². The van der Waals surface area contributed by atoms with Gasteiger partial charge in [-0.15, -0.1) is 0 Å². The van der Waals surface area contributed by atoms with Crippen molar-refractivity contribution in [1.82, 2.24) is 5.16 Å². The Kier molecular flexibility index (Phi) is 3.02. The number of hydrogen-bond acceptors (Lipinski definition) is 2. The maximum absolute atomic E-state index is 5.18. The fourth-order valence-corrected chi connectivity index (χ4v) is 1.71. The Balaban J connectivity index is 2.54. The molecule has 0 bridgehead atoms. The summed E-state index contributed by atoms with van der Waals surface area (Å²) in [6, 6.07) is 9.99. The summed E-state index contributed by atoms with van der Waals surface area (Å²) in [5.41, 5.74) is 2.96. The van der Waals surface area contributed by atoms with Gasteiger partial charge in [-0.25, -0.2) is 0 Å². The molecule has 2 nitrogen and oxygen atoms in total. The number of halogens is 1. The lowest BCUT2D eigenvalue weighted by Gasteiger charge is -1.96. The van der Waals surface area contributed by atoms with E-state index in [0.717, 1.165) is 22.6 Å². The molecule has 1 aromatic carbocycles. The molecular formula is C12H10BrNO. The standard InChI is InChI=1S/C12H10BrNO/c1-9-11(7-8-13)12(14-15-9)10-5-3-2-4-6-10/h2-8H,1H3. The summed E-state index contributed by atoms with van der Waals surface area (Å²) in [6.45, 7) is 1.90. The van der Waals surface area contributed by atoms with Crippen LogP contribution in [0, 0.1) is 6.92 Å². The summed E-state index contributed by atoms with van der Waals surface area (Å²) in [4.78, 5) is 1.80. The van der Waals surface area contributed by atoms with E-state index < -0.39 is 0 Å². The van der Waals surface area contributed by atoms with Crippen molar-refractivity contribution in [2.75, 3.05) is 0 Å². The van der Waals surface area contributed by atoms with Gasteiger partial charge in [-0.2, -0.15) is 0 Å². The molecule has 0 radical (unpaired) electrons. The van der Waals surface area contributed by atoms with E-state index >= 15 is 0 Å². The zero-order chi connectivity index (χ0) is 10.7. The van der Waals surface area contributed by atoms with Crippen LogP contribution < -0.4 is 0 Å². The summed E-state index contributed by atoms with van der Waals surface area (Å²) in [5, 5.41) is 4.06. The molecule has 0 N–H and O–H groups in total. The predicted octanol–water partition coefficient (Wildman–Crippen LogP) is 4.02. The topological polar surface area (TPSA) is 26.0 Å². The van der Waals surface area contributed by atoms with Crippen LogP contribution in [-0.4, -0.2) is 5.16 Å². The maximum atomic E-state index is 5.18. The fourth-order valence-electron chi connectivity index (χ4n) is 1.44. The molecule has 0 aliphatic rings. The highest BCUT2D eigenvalue weighted by molar-refractivity contribution is 9.11. The van der Waals surface area contributed by atoms with Crippen LogP contribution in [0.15, 0.2) is 39.8 Å². The highest BCUT2D eigenvalue weighted by atomic mass is 79.9. The Morgan fingerprint density at radius 2 is 2.00 bits per heavy atom. The van der Waals surface area contributed by atoms with E-state index in [1.165, 1.54) is 0 Å². The Labute approximate surface area is 96.7 Å². The van der Waals surface area contributed by atoms with Crippen molar-refractivity contribution < 1.29 is 4.52 Å². The minimum atomic E-state index is 0.824. The average Bonchev–Trinajstić information content (AvgIpc) is 2.63. The molecule has 76 valence electrons. The van der Waals surface area contributed by atoms with Crippen LogP contribution in [0.3, 0.4) is 0 Å². The van der Waals surface area contributed by atoms with Crippen molar-refractivity contribution in [2.24, 2.45) is 0 Å². The van der Waals surface area contributed by atoms with E-state index in [1.807, 2.05) is 43.3 Å². The summed E-state index contributed by atoms with van der Waals surface area (Å²) < 4.78 is 5.18. The van der Waals surface area contributed by atoms with Gasteiger partial charge < -0.3 is 4.52 Å². The van der Waals surface area contributed by atoms with Gasteiger partial charge in [-0.3, -0.25) is 0 Å². The van der Waals surface area contributed by atoms with Gasteiger partial charge >= 0.3 is 0 Å². The molecule has 0 atom stereocenters. The third-order valence-electron chi connectivity index (χ3n) is 2.19. The number of hydrogen-bond donors (Lipinski definition) is 0. The van der Waals surface area contributed by atoms with Crippen molar-refractivity contribution in [3.63, 3.8) is 0 Å². The van der Waals surface area contributed by atoms with Crippen molar-refractivity contribution in [1.29, 1.82) is 0 Å². The quantitative estimate of drug-likeness (QED) is 0.818. The highest BCUT2D eigenvalue weighted by Crippen LogP contribution is 2.26. The Morgan fingerprint density at radius 3 is 2.67 bits per heavy atom. The second kappa shape index (κ2) is 4.45. The van der Waals surface area contributed by atoms with Gasteiger partial charge in [0.25, 0.3) is 0 Å². The Bertz CT molecular complexity index is 474. The molecule has 2 aromatic rings. The van der Waals surface area contributed by atoms with E-state index in [0.29, 0.717) is 0 Å². The number of benzene rings is 1. The lowest BCUT2D eigenvalue weighted by molar-refractivity contribution is 0.399. The van der Waals surface area contributed by atoms with E-state index in [2.05, 4.69) is 21.1 Å². The normalized spacial score (nSPS) is 11.1. The molecule has 0 amide bonds. The summed E-state index contributed by atoms with van der Waals surface area (Å²) in [6.07, 6.45) is 1.94. The molecule has 3 heteroatoms. The van der Waals surface area contributed by atoms with E-state index in [9.17, 15) is 0 Å². The van der Waals surface area contributed by atoms with Crippen molar-refractivity contribution in [2.45, 2.75) is 6.92 Å². The predicted molar refractivity (Wildman–Crippen MR) is 64.6 cm³/mol. The van der Waals surface area contributed by atoms with Gasteiger partial charge in [0.05, 0.1) is 0 Å². The molecule has 0 saturated carbocycles. The van der Waals surface area contributed by atoms with Crippen molar-refractivity contribution in [3.8, 4) is 11.3 Å². The SMILES string of the molecule is Cc1onc(-c2ccccc2)c1C=CBr. The largest absolute Gasteiger partial charge is 0.360 e. The number of aromatic nitrogens is 1. The first-order valence-electron chi connectivity index (χ1n) is 4.61. The molecule has 15 heavy (non-hydrogen) atoms.